The van der Waals surface area contributed by atoms with Gasteiger partial charge in [-0.2, -0.15) is 0 Å². The third kappa shape index (κ3) is 4.71. The Morgan fingerprint density at radius 2 is 1.44 bits per heavy atom. The van der Waals surface area contributed by atoms with E-state index in [9.17, 15) is 4.79 Å². The van der Waals surface area contributed by atoms with Gasteiger partial charge in [0.15, 0.2) is 0 Å². The summed E-state index contributed by atoms with van der Waals surface area (Å²) in [5.74, 6) is -0.0466. The molecule has 3 aliphatic heterocycles. The molecule has 5 heterocycles. The number of fused-ring (bicyclic) bond motifs is 8. The molecular formula is C38H36N4O. The highest BCUT2D eigenvalue weighted by atomic mass is 16.1. The van der Waals surface area contributed by atoms with Crippen molar-refractivity contribution in [3.05, 3.63) is 151 Å². The normalized spacial score (nSPS) is 17.2. The number of aromatic amines is 2. The second-order valence-corrected chi connectivity index (χ2v) is 12.6. The maximum Gasteiger partial charge on any atom is 0.204 e. The van der Waals surface area contributed by atoms with Crippen LogP contribution in [0.25, 0.3) is 23.3 Å². The average molecular weight is 565 g/mol. The van der Waals surface area contributed by atoms with Gasteiger partial charge in [0.2, 0.25) is 5.78 Å². The number of benzene rings is 2. The lowest BCUT2D eigenvalue weighted by Crippen LogP contribution is -2.21. The molecule has 0 aliphatic carbocycles. The third-order valence-electron chi connectivity index (χ3n) is 8.62. The van der Waals surface area contributed by atoms with Crippen molar-refractivity contribution < 1.29 is 4.79 Å². The Bertz CT molecular complexity index is 2070. The summed E-state index contributed by atoms with van der Waals surface area (Å²) in [4.78, 5) is 21.2. The molecule has 7 rings (SSSR count). The minimum absolute atomic E-state index is 0.0466. The number of aryl methyl sites for hydroxylation is 4. The molecule has 214 valence electrons. The maximum absolute atomic E-state index is 14.0. The first-order valence-electron chi connectivity index (χ1n) is 14.8. The molecule has 2 aromatic heterocycles. The van der Waals surface area contributed by atoms with Gasteiger partial charge in [0.25, 0.3) is 0 Å². The quantitative estimate of drug-likeness (QED) is 0.244. The molecule has 5 heteroatoms. The molecule has 4 N–H and O–H groups in total. The van der Waals surface area contributed by atoms with E-state index in [0.717, 1.165) is 61.5 Å². The van der Waals surface area contributed by atoms with Gasteiger partial charge in [0, 0.05) is 56.1 Å². The van der Waals surface area contributed by atoms with Crippen LogP contribution in [0.5, 0.6) is 0 Å². The molecule has 0 saturated carbocycles. The number of allylic oxidation sites excluding steroid dienone is 4. The summed E-state index contributed by atoms with van der Waals surface area (Å²) in [5.41, 5.74) is 13.8. The standard InChI is InChI=1S/C38H36N4O/c1-21-7-9-25(10-8-21)35-29-13-12-27(40-29)18-33-38(5,6)20-28(41-33)17-26-11-14-30(39-26)36(31-19-32(43)37(35)42-31)34-23(3)15-22(2)16-24(34)4/h7-20,39-42H,1-6H3. The summed E-state index contributed by atoms with van der Waals surface area (Å²) < 4.78 is 0. The van der Waals surface area contributed by atoms with Crippen molar-refractivity contribution in [2.45, 2.75) is 41.5 Å². The van der Waals surface area contributed by atoms with Gasteiger partial charge >= 0.3 is 0 Å². The monoisotopic (exact) mass is 564 g/mol. The van der Waals surface area contributed by atoms with Crippen LogP contribution in [0.3, 0.4) is 0 Å². The van der Waals surface area contributed by atoms with Crippen molar-refractivity contribution in [3.8, 4) is 0 Å². The van der Waals surface area contributed by atoms with Crippen LogP contribution in [0.4, 0.5) is 0 Å². The summed E-state index contributed by atoms with van der Waals surface area (Å²) in [7, 11) is 0. The van der Waals surface area contributed by atoms with Crippen LogP contribution in [0.1, 0.15) is 58.6 Å². The fourth-order valence-electron chi connectivity index (χ4n) is 6.63. The lowest BCUT2D eigenvalue weighted by atomic mass is 9.90. The Balaban J connectivity index is 1.55. The molecule has 0 spiro atoms. The highest BCUT2D eigenvalue weighted by Crippen LogP contribution is 2.37. The van der Waals surface area contributed by atoms with Crippen molar-refractivity contribution >= 4 is 29.1 Å². The molecule has 8 bridgehead atoms. The first-order valence-corrected chi connectivity index (χ1v) is 14.8. The average Bonchev–Trinajstić information content (AvgIpc) is 3.71. The van der Waals surface area contributed by atoms with Crippen LogP contribution in [-0.4, -0.2) is 15.8 Å². The zero-order valence-electron chi connectivity index (χ0n) is 25.5. The number of carbonyl (C=O) groups is 1. The second kappa shape index (κ2) is 9.77. The molecule has 5 nitrogen and oxygen atoms in total. The number of rotatable bonds is 2. The van der Waals surface area contributed by atoms with Crippen molar-refractivity contribution in [2.75, 3.05) is 0 Å². The molecule has 3 aliphatic rings. The lowest BCUT2D eigenvalue weighted by Gasteiger charge is -2.18. The smallest absolute Gasteiger partial charge is 0.204 e. The van der Waals surface area contributed by atoms with Crippen LogP contribution in [0.15, 0.2) is 95.6 Å². The Hall–Kier alpha value is -5.03. The number of hydrogen-bond donors (Lipinski definition) is 4. The number of aromatic nitrogens is 2. The largest absolute Gasteiger partial charge is 0.358 e. The minimum Gasteiger partial charge on any atom is -0.358 e. The van der Waals surface area contributed by atoms with Gasteiger partial charge in [0.05, 0.1) is 11.4 Å². The van der Waals surface area contributed by atoms with Gasteiger partial charge in [0.1, 0.15) is 0 Å². The van der Waals surface area contributed by atoms with Gasteiger partial charge in [-0.15, -0.1) is 0 Å². The number of carbonyl (C=O) groups excluding carboxylic acids is 1. The highest BCUT2D eigenvalue weighted by molar-refractivity contribution is 6.15. The van der Waals surface area contributed by atoms with Crippen LogP contribution >= 0.6 is 0 Å². The van der Waals surface area contributed by atoms with Crippen molar-refractivity contribution in [1.82, 2.24) is 20.6 Å². The third-order valence-corrected chi connectivity index (χ3v) is 8.62. The Kier molecular flexibility index (Phi) is 6.10. The predicted octanol–water partition coefficient (Wildman–Crippen LogP) is 5.94. The SMILES string of the molecule is Cc1ccc(C2=C3NC(=CC3=O)C(c3c(C)cc(C)cc3C)=c3ccc([nH]3)=CC3=CC(C)(C)C(=Cc4ccc2[nH]4)N3)cc1. The van der Waals surface area contributed by atoms with Gasteiger partial charge in [-0.3, -0.25) is 4.79 Å². The predicted molar refractivity (Wildman–Crippen MR) is 175 cm³/mol. The zero-order chi connectivity index (χ0) is 30.0. The van der Waals surface area contributed by atoms with Crippen LogP contribution in [0, 0.1) is 33.1 Å². The lowest BCUT2D eigenvalue weighted by molar-refractivity contribution is -0.111. The van der Waals surface area contributed by atoms with Gasteiger partial charge in [-0.1, -0.05) is 61.4 Å². The molecule has 4 aromatic rings. The summed E-state index contributed by atoms with van der Waals surface area (Å²) in [6.07, 6.45) is 8.32. The molecule has 0 amide bonds. The van der Waals surface area contributed by atoms with E-state index in [4.69, 9.17) is 0 Å². The molecule has 2 aromatic carbocycles. The second-order valence-electron chi connectivity index (χ2n) is 12.6. The van der Waals surface area contributed by atoms with Gasteiger partial charge in [-0.25, -0.2) is 0 Å². The van der Waals surface area contributed by atoms with Crippen LogP contribution in [-0.2, 0) is 4.79 Å². The van der Waals surface area contributed by atoms with E-state index in [1.54, 1.807) is 6.08 Å². The molecule has 0 unspecified atom stereocenters. The summed E-state index contributed by atoms with van der Waals surface area (Å²) >= 11 is 0. The van der Waals surface area contributed by atoms with E-state index in [0.29, 0.717) is 5.70 Å². The molecule has 43 heavy (non-hydrogen) atoms. The fraction of sp³-hybridized carbons (Fsp3) is 0.184. The maximum atomic E-state index is 14.0. The van der Waals surface area contributed by atoms with Gasteiger partial charge in [-0.05, 0) is 92.4 Å². The van der Waals surface area contributed by atoms with Gasteiger partial charge < -0.3 is 20.6 Å². The van der Waals surface area contributed by atoms with E-state index >= 15 is 0 Å². The summed E-state index contributed by atoms with van der Waals surface area (Å²) in [6, 6.07) is 21.1. The number of H-pyrrole nitrogens is 2. The fourth-order valence-corrected chi connectivity index (χ4v) is 6.63. The Morgan fingerprint density at radius 1 is 0.698 bits per heavy atom. The molecule has 0 fully saturated rings. The first kappa shape index (κ1) is 26.8. The van der Waals surface area contributed by atoms with E-state index in [2.05, 4.69) is 141 Å². The Labute approximate surface area is 252 Å². The summed E-state index contributed by atoms with van der Waals surface area (Å²) in [6.45, 7) is 12.9. The number of ketones is 1. The van der Waals surface area contributed by atoms with Crippen molar-refractivity contribution in [1.29, 1.82) is 0 Å². The topological polar surface area (TPSA) is 72.7 Å². The minimum atomic E-state index is -0.173. The number of nitrogens with one attached hydrogen (secondary N) is 4. The zero-order valence-corrected chi connectivity index (χ0v) is 25.5. The molecular weight excluding hydrogens is 528 g/mol. The van der Waals surface area contributed by atoms with E-state index in [1.165, 1.54) is 22.3 Å². The van der Waals surface area contributed by atoms with E-state index in [-0.39, 0.29) is 11.2 Å². The molecule has 0 saturated heterocycles. The molecule has 0 radical (unpaired) electrons. The number of hydrogen-bond acceptors (Lipinski definition) is 3. The highest BCUT2D eigenvalue weighted by Gasteiger charge is 2.30. The summed E-state index contributed by atoms with van der Waals surface area (Å²) in [5, 5.41) is 9.19. The van der Waals surface area contributed by atoms with E-state index < -0.39 is 0 Å². The van der Waals surface area contributed by atoms with Crippen molar-refractivity contribution in [2.24, 2.45) is 5.41 Å². The Morgan fingerprint density at radius 3 is 2.19 bits per heavy atom. The van der Waals surface area contributed by atoms with Crippen molar-refractivity contribution in [3.63, 3.8) is 0 Å². The molecule has 0 atom stereocenters. The van der Waals surface area contributed by atoms with E-state index in [1.807, 2.05) is 0 Å². The first-order chi connectivity index (χ1) is 20.6. The van der Waals surface area contributed by atoms with Crippen LogP contribution in [0.2, 0.25) is 0 Å². The van der Waals surface area contributed by atoms with Crippen LogP contribution < -0.4 is 21.3 Å².